The van der Waals surface area contributed by atoms with E-state index in [1.165, 1.54) is 0 Å². The number of nitrogens with zero attached hydrogens (tertiary/aromatic N) is 2. The van der Waals surface area contributed by atoms with Crippen LogP contribution in [0, 0.1) is 0 Å². The number of amides is 1. The van der Waals surface area contributed by atoms with Gasteiger partial charge in [-0.1, -0.05) is 74.0 Å². The summed E-state index contributed by atoms with van der Waals surface area (Å²) >= 11 is 0. The lowest BCUT2D eigenvalue weighted by Crippen LogP contribution is -2.30. The molecule has 0 bridgehead atoms. The topological polar surface area (TPSA) is 49.0 Å². The van der Waals surface area contributed by atoms with Crippen LogP contribution in [-0.4, -0.2) is 27.5 Å². The van der Waals surface area contributed by atoms with E-state index < -0.39 is 0 Å². The van der Waals surface area contributed by atoms with Crippen LogP contribution in [0.1, 0.15) is 47.4 Å². The maximum atomic E-state index is 13.0. The van der Waals surface area contributed by atoms with Crippen LogP contribution in [0.4, 0.5) is 0 Å². The third-order valence-electron chi connectivity index (χ3n) is 4.78. The zero-order valence-electron chi connectivity index (χ0n) is 14.3. The Morgan fingerprint density at radius 1 is 1.04 bits per heavy atom. The first-order chi connectivity index (χ1) is 12.3. The van der Waals surface area contributed by atoms with Crippen LogP contribution in [0.15, 0.2) is 60.7 Å². The first kappa shape index (κ1) is 15.6. The van der Waals surface area contributed by atoms with Crippen LogP contribution in [0.5, 0.6) is 0 Å². The van der Waals surface area contributed by atoms with Crippen LogP contribution >= 0.6 is 0 Å². The molecule has 1 atom stereocenters. The molecule has 2 heterocycles. The Balaban J connectivity index is 1.86. The molecule has 25 heavy (non-hydrogen) atoms. The van der Waals surface area contributed by atoms with Crippen molar-refractivity contribution >= 4 is 5.91 Å². The van der Waals surface area contributed by atoms with Crippen molar-refractivity contribution in [3.63, 3.8) is 0 Å². The molecule has 0 saturated carbocycles. The predicted octanol–water partition coefficient (Wildman–Crippen LogP) is 4.42. The Labute approximate surface area is 147 Å². The largest absolute Gasteiger partial charge is 0.326 e. The average molecular weight is 331 g/mol. The monoisotopic (exact) mass is 331 g/mol. The number of unbranched alkanes of at least 4 members (excludes halogenated alkanes) is 1. The number of fused-ring (bicyclic) bond motifs is 1. The molecule has 0 saturated heterocycles. The highest BCUT2D eigenvalue weighted by molar-refractivity contribution is 6.00. The summed E-state index contributed by atoms with van der Waals surface area (Å²) in [6.07, 6.45) is 2.05. The molecule has 1 aliphatic rings. The molecule has 0 aliphatic carbocycles. The smallest absolute Gasteiger partial charge is 0.273 e. The first-order valence-corrected chi connectivity index (χ1v) is 8.81. The minimum atomic E-state index is -0.0794. The molecule has 1 amide bonds. The van der Waals surface area contributed by atoms with Crippen molar-refractivity contribution in [3.8, 4) is 11.3 Å². The van der Waals surface area contributed by atoms with Gasteiger partial charge in [0.05, 0.1) is 11.7 Å². The molecule has 4 nitrogen and oxygen atoms in total. The summed E-state index contributed by atoms with van der Waals surface area (Å²) in [6.45, 7) is 2.90. The zero-order valence-corrected chi connectivity index (χ0v) is 14.3. The number of carbonyl (C=O) groups excluding carboxylic acids is 1. The quantitative estimate of drug-likeness (QED) is 0.752. The zero-order chi connectivity index (χ0) is 17.2. The number of rotatable bonds is 5. The SMILES string of the molecule is CCCCN1C(=O)c2[nH]nc(-c3ccccc3)c2C1c1ccccc1. The fourth-order valence-corrected chi connectivity index (χ4v) is 3.55. The van der Waals surface area contributed by atoms with Crippen LogP contribution in [0.2, 0.25) is 0 Å². The Bertz CT molecular complexity index is 871. The molecule has 4 heteroatoms. The fourth-order valence-electron chi connectivity index (χ4n) is 3.55. The van der Waals surface area contributed by atoms with Crippen molar-refractivity contribution in [3.05, 3.63) is 77.5 Å². The van der Waals surface area contributed by atoms with E-state index in [9.17, 15) is 4.79 Å². The molecular formula is C21H21N3O. The van der Waals surface area contributed by atoms with Gasteiger partial charge in [-0.2, -0.15) is 5.10 Å². The molecule has 126 valence electrons. The normalized spacial score (nSPS) is 16.3. The van der Waals surface area contributed by atoms with E-state index in [2.05, 4.69) is 29.3 Å². The van der Waals surface area contributed by atoms with Gasteiger partial charge in [0.15, 0.2) is 0 Å². The van der Waals surface area contributed by atoms with Crippen LogP contribution in [0.3, 0.4) is 0 Å². The van der Waals surface area contributed by atoms with E-state index >= 15 is 0 Å². The summed E-state index contributed by atoms with van der Waals surface area (Å²) in [5.74, 6) is 0.0481. The van der Waals surface area contributed by atoms with E-state index in [0.29, 0.717) is 5.69 Å². The lowest BCUT2D eigenvalue weighted by Gasteiger charge is -2.26. The number of hydrogen-bond acceptors (Lipinski definition) is 2. The van der Waals surface area contributed by atoms with E-state index in [4.69, 9.17) is 0 Å². The molecule has 1 aromatic heterocycles. The van der Waals surface area contributed by atoms with E-state index in [1.54, 1.807) is 0 Å². The minimum Gasteiger partial charge on any atom is -0.326 e. The van der Waals surface area contributed by atoms with Gasteiger partial charge in [-0.15, -0.1) is 0 Å². The summed E-state index contributed by atoms with van der Waals surface area (Å²) in [4.78, 5) is 15.0. The van der Waals surface area contributed by atoms with Gasteiger partial charge >= 0.3 is 0 Å². The number of aromatic amines is 1. The number of carbonyl (C=O) groups is 1. The number of benzene rings is 2. The number of hydrogen-bond donors (Lipinski definition) is 1. The van der Waals surface area contributed by atoms with Crippen molar-refractivity contribution in [2.24, 2.45) is 0 Å². The van der Waals surface area contributed by atoms with Crippen molar-refractivity contribution in [2.75, 3.05) is 6.54 Å². The number of aromatic nitrogens is 2. The number of nitrogens with one attached hydrogen (secondary N) is 1. The van der Waals surface area contributed by atoms with E-state index in [-0.39, 0.29) is 11.9 Å². The maximum absolute atomic E-state index is 13.0. The van der Waals surface area contributed by atoms with Crippen molar-refractivity contribution < 1.29 is 4.79 Å². The van der Waals surface area contributed by atoms with Crippen LogP contribution in [0.25, 0.3) is 11.3 Å². The van der Waals surface area contributed by atoms with Crippen LogP contribution < -0.4 is 0 Å². The molecule has 0 radical (unpaired) electrons. The lowest BCUT2D eigenvalue weighted by atomic mass is 9.96. The molecule has 0 spiro atoms. The molecule has 3 aromatic rings. The summed E-state index contributed by atoms with van der Waals surface area (Å²) in [5, 5.41) is 7.48. The second-order valence-electron chi connectivity index (χ2n) is 6.39. The first-order valence-electron chi connectivity index (χ1n) is 8.81. The maximum Gasteiger partial charge on any atom is 0.273 e. The molecule has 0 fully saturated rings. The summed E-state index contributed by atoms with van der Waals surface area (Å²) in [7, 11) is 0. The second kappa shape index (κ2) is 6.55. The minimum absolute atomic E-state index is 0.0481. The van der Waals surface area contributed by atoms with Gasteiger partial charge < -0.3 is 4.90 Å². The lowest BCUT2D eigenvalue weighted by molar-refractivity contribution is 0.0741. The van der Waals surface area contributed by atoms with Crippen molar-refractivity contribution in [1.82, 2.24) is 15.1 Å². The Morgan fingerprint density at radius 3 is 2.40 bits per heavy atom. The van der Waals surface area contributed by atoms with Gasteiger partial charge in [0.25, 0.3) is 5.91 Å². The summed E-state index contributed by atoms with van der Waals surface area (Å²) in [5.41, 5.74) is 4.66. The Hall–Kier alpha value is -2.88. The van der Waals surface area contributed by atoms with Gasteiger partial charge in [-0.25, -0.2) is 0 Å². The Morgan fingerprint density at radius 2 is 1.72 bits per heavy atom. The highest BCUT2D eigenvalue weighted by atomic mass is 16.2. The van der Waals surface area contributed by atoms with Crippen molar-refractivity contribution in [1.29, 1.82) is 0 Å². The molecule has 1 N–H and O–H groups in total. The van der Waals surface area contributed by atoms with Crippen LogP contribution in [-0.2, 0) is 0 Å². The molecule has 2 aromatic carbocycles. The van der Waals surface area contributed by atoms with Crippen molar-refractivity contribution in [2.45, 2.75) is 25.8 Å². The van der Waals surface area contributed by atoms with Gasteiger partial charge in [-0.3, -0.25) is 9.89 Å². The number of H-pyrrole nitrogens is 1. The van der Waals surface area contributed by atoms with Gasteiger partial charge in [0, 0.05) is 17.7 Å². The highest BCUT2D eigenvalue weighted by Gasteiger charge is 2.41. The third kappa shape index (κ3) is 2.64. The van der Waals surface area contributed by atoms with Gasteiger partial charge in [-0.05, 0) is 12.0 Å². The Kier molecular flexibility index (Phi) is 4.10. The molecule has 1 unspecified atom stereocenters. The van der Waals surface area contributed by atoms with Gasteiger partial charge in [0.2, 0.25) is 0 Å². The highest BCUT2D eigenvalue weighted by Crippen LogP contribution is 2.42. The third-order valence-corrected chi connectivity index (χ3v) is 4.78. The van der Waals surface area contributed by atoms with E-state index in [1.807, 2.05) is 53.4 Å². The summed E-state index contributed by atoms with van der Waals surface area (Å²) in [6, 6.07) is 20.2. The fraction of sp³-hybridized carbons (Fsp3) is 0.238. The molecular weight excluding hydrogens is 310 g/mol. The average Bonchev–Trinajstić information content (AvgIpc) is 3.21. The molecule has 1 aliphatic heterocycles. The molecule has 4 rings (SSSR count). The van der Waals surface area contributed by atoms with E-state index in [0.717, 1.165) is 41.8 Å². The predicted molar refractivity (Wildman–Crippen MR) is 98.3 cm³/mol. The second-order valence-corrected chi connectivity index (χ2v) is 6.39. The van der Waals surface area contributed by atoms with Gasteiger partial charge in [0.1, 0.15) is 5.69 Å². The standard InChI is InChI=1S/C21H21N3O/c1-2-3-14-24-20(16-12-8-5-9-13-16)17-18(15-10-6-4-7-11-15)22-23-19(17)21(24)25/h4-13,20H,2-3,14H2,1H3,(H,22,23). The summed E-state index contributed by atoms with van der Waals surface area (Å²) < 4.78 is 0.